The first-order chi connectivity index (χ1) is 10.8. The third-order valence-electron chi connectivity index (χ3n) is 3.83. The minimum atomic E-state index is -1.36. The molecule has 0 spiro atoms. The van der Waals surface area contributed by atoms with E-state index in [9.17, 15) is 18.4 Å². The largest absolute Gasteiger partial charge is 0.376 e. The van der Waals surface area contributed by atoms with Crippen LogP contribution in [0.5, 0.6) is 0 Å². The lowest BCUT2D eigenvalue weighted by atomic mass is 9.90. The second-order valence-electron chi connectivity index (χ2n) is 6.05. The number of halogens is 2. The van der Waals surface area contributed by atoms with Crippen LogP contribution in [0.4, 0.5) is 14.5 Å². The molecule has 5 nitrogen and oxygen atoms in total. The molecule has 2 N–H and O–H groups in total. The molecular formula is C16H20F2N2O3. The first kappa shape index (κ1) is 17.3. The predicted octanol–water partition coefficient (Wildman–Crippen LogP) is 2.22. The van der Waals surface area contributed by atoms with Gasteiger partial charge in [-0.1, -0.05) is 0 Å². The van der Waals surface area contributed by atoms with E-state index < -0.39 is 28.9 Å². The average Bonchev–Trinajstić information content (AvgIpc) is 3.01. The summed E-state index contributed by atoms with van der Waals surface area (Å²) in [6, 6.07) is 3.01. The van der Waals surface area contributed by atoms with Crippen molar-refractivity contribution in [1.82, 2.24) is 5.32 Å². The van der Waals surface area contributed by atoms with Gasteiger partial charge in [0.25, 0.3) is 0 Å². The zero-order valence-electron chi connectivity index (χ0n) is 13.1. The number of benzene rings is 1. The molecule has 1 atom stereocenters. The molecule has 1 aliphatic rings. The van der Waals surface area contributed by atoms with Crippen molar-refractivity contribution in [3.05, 3.63) is 29.8 Å². The van der Waals surface area contributed by atoms with Gasteiger partial charge in [-0.15, -0.1) is 0 Å². The maximum absolute atomic E-state index is 13.2. The summed E-state index contributed by atoms with van der Waals surface area (Å²) < 4.78 is 31.4. The van der Waals surface area contributed by atoms with Crippen LogP contribution >= 0.6 is 0 Å². The Bertz CT molecular complexity index is 599. The molecule has 1 aromatic carbocycles. The van der Waals surface area contributed by atoms with E-state index in [1.807, 2.05) is 0 Å². The van der Waals surface area contributed by atoms with Crippen LogP contribution in [0, 0.1) is 17.0 Å². The van der Waals surface area contributed by atoms with Gasteiger partial charge in [0.15, 0.2) is 11.6 Å². The lowest BCUT2D eigenvalue weighted by Crippen LogP contribution is -2.47. The van der Waals surface area contributed by atoms with Crippen LogP contribution in [0.1, 0.15) is 26.7 Å². The Balaban J connectivity index is 1.94. The van der Waals surface area contributed by atoms with Crippen LogP contribution in [-0.4, -0.2) is 31.1 Å². The minimum Gasteiger partial charge on any atom is -0.376 e. The molecule has 1 unspecified atom stereocenters. The molecule has 0 radical (unpaired) electrons. The van der Waals surface area contributed by atoms with Crippen molar-refractivity contribution in [3.63, 3.8) is 0 Å². The van der Waals surface area contributed by atoms with E-state index in [1.54, 1.807) is 0 Å². The third kappa shape index (κ3) is 4.25. The van der Waals surface area contributed by atoms with Crippen molar-refractivity contribution in [2.45, 2.75) is 32.8 Å². The van der Waals surface area contributed by atoms with Crippen molar-refractivity contribution >= 4 is 17.5 Å². The summed E-state index contributed by atoms with van der Waals surface area (Å²) in [5.74, 6) is -3.12. The highest BCUT2D eigenvalue weighted by molar-refractivity contribution is 6.09. The molecule has 7 heteroatoms. The lowest BCUT2D eigenvalue weighted by Gasteiger charge is -2.23. The van der Waals surface area contributed by atoms with E-state index in [0.29, 0.717) is 13.2 Å². The van der Waals surface area contributed by atoms with Gasteiger partial charge >= 0.3 is 0 Å². The first-order valence-corrected chi connectivity index (χ1v) is 7.47. The standard InChI is InChI=1S/C16H20F2N2O3/c1-16(2,14(21)19-9-11-4-3-7-23-11)15(22)20-10-5-6-12(17)13(18)8-10/h5-6,8,11H,3-4,7,9H2,1-2H3,(H,19,21)(H,20,22). The van der Waals surface area contributed by atoms with Crippen LogP contribution < -0.4 is 10.6 Å². The predicted molar refractivity (Wildman–Crippen MR) is 80.8 cm³/mol. The summed E-state index contributed by atoms with van der Waals surface area (Å²) in [5.41, 5.74) is -1.27. The number of carbonyl (C=O) groups is 2. The number of hydrogen-bond acceptors (Lipinski definition) is 3. The highest BCUT2D eigenvalue weighted by Gasteiger charge is 2.36. The highest BCUT2D eigenvalue weighted by Crippen LogP contribution is 2.21. The van der Waals surface area contributed by atoms with Crippen LogP contribution in [0.3, 0.4) is 0 Å². The number of hydrogen-bond donors (Lipinski definition) is 2. The topological polar surface area (TPSA) is 67.4 Å². The van der Waals surface area contributed by atoms with Crippen molar-refractivity contribution in [1.29, 1.82) is 0 Å². The van der Waals surface area contributed by atoms with Crippen molar-refractivity contribution in [3.8, 4) is 0 Å². The number of anilines is 1. The Labute approximate surface area is 133 Å². The van der Waals surface area contributed by atoms with E-state index >= 15 is 0 Å². The van der Waals surface area contributed by atoms with Gasteiger partial charge in [-0.05, 0) is 38.8 Å². The van der Waals surface area contributed by atoms with E-state index in [1.165, 1.54) is 19.9 Å². The quantitative estimate of drug-likeness (QED) is 0.816. The molecule has 2 rings (SSSR count). The number of ether oxygens (including phenoxy) is 1. The Morgan fingerprint density at radius 3 is 2.61 bits per heavy atom. The number of amides is 2. The zero-order chi connectivity index (χ0) is 17.0. The van der Waals surface area contributed by atoms with Crippen molar-refractivity contribution in [2.75, 3.05) is 18.5 Å². The Hall–Kier alpha value is -2.02. The van der Waals surface area contributed by atoms with Gasteiger partial charge in [0.2, 0.25) is 11.8 Å². The highest BCUT2D eigenvalue weighted by atomic mass is 19.2. The molecule has 126 valence electrons. The summed E-state index contributed by atoms with van der Waals surface area (Å²) in [5, 5.41) is 5.11. The first-order valence-electron chi connectivity index (χ1n) is 7.47. The van der Waals surface area contributed by atoms with Crippen LogP contribution in [0.2, 0.25) is 0 Å². The van der Waals surface area contributed by atoms with E-state index in [2.05, 4.69) is 10.6 Å². The maximum Gasteiger partial charge on any atom is 0.239 e. The number of carbonyl (C=O) groups excluding carboxylic acids is 2. The van der Waals surface area contributed by atoms with Crippen LogP contribution in [-0.2, 0) is 14.3 Å². The Morgan fingerprint density at radius 1 is 1.26 bits per heavy atom. The molecule has 0 aromatic heterocycles. The van der Waals surface area contributed by atoms with Crippen molar-refractivity contribution in [2.24, 2.45) is 5.41 Å². The monoisotopic (exact) mass is 326 g/mol. The van der Waals surface area contributed by atoms with Crippen LogP contribution in [0.25, 0.3) is 0 Å². The van der Waals surface area contributed by atoms with Gasteiger partial charge in [0.1, 0.15) is 5.41 Å². The van der Waals surface area contributed by atoms with Crippen molar-refractivity contribution < 1.29 is 23.1 Å². The van der Waals surface area contributed by atoms with E-state index in [4.69, 9.17) is 4.74 Å². The molecule has 1 fully saturated rings. The van der Waals surface area contributed by atoms with Gasteiger partial charge in [0, 0.05) is 24.9 Å². The molecule has 2 amide bonds. The lowest BCUT2D eigenvalue weighted by molar-refractivity contribution is -0.138. The fourth-order valence-electron chi connectivity index (χ4n) is 2.20. The summed E-state index contributed by atoms with van der Waals surface area (Å²) in [6.07, 6.45) is 1.81. The SMILES string of the molecule is CC(C)(C(=O)NCC1CCCO1)C(=O)Nc1ccc(F)c(F)c1. The second kappa shape index (κ2) is 7.04. The van der Waals surface area contributed by atoms with Crippen LogP contribution in [0.15, 0.2) is 18.2 Å². The molecule has 0 bridgehead atoms. The van der Waals surface area contributed by atoms with Gasteiger partial charge in [-0.25, -0.2) is 8.78 Å². The smallest absolute Gasteiger partial charge is 0.239 e. The molecule has 1 saturated heterocycles. The normalized spacial score (nSPS) is 17.8. The van der Waals surface area contributed by atoms with E-state index in [-0.39, 0.29) is 11.8 Å². The molecule has 1 aromatic rings. The Kier molecular flexibility index (Phi) is 5.30. The molecule has 1 heterocycles. The summed E-state index contributed by atoms with van der Waals surface area (Å²) in [7, 11) is 0. The fraction of sp³-hybridized carbons (Fsp3) is 0.500. The third-order valence-corrected chi connectivity index (χ3v) is 3.83. The fourth-order valence-corrected chi connectivity index (χ4v) is 2.20. The second-order valence-corrected chi connectivity index (χ2v) is 6.05. The van der Waals surface area contributed by atoms with Gasteiger partial charge in [-0.3, -0.25) is 9.59 Å². The maximum atomic E-state index is 13.2. The molecule has 23 heavy (non-hydrogen) atoms. The van der Waals surface area contributed by atoms with Gasteiger partial charge in [-0.2, -0.15) is 0 Å². The Morgan fingerprint density at radius 2 is 2.00 bits per heavy atom. The molecule has 0 saturated carbocycles. The average molecular weight is 326 g/mol. The summed E-state index contributed by atoms with van der Waals surface area (Å²) in [6.45, 7) is 3.96. The number of nitrogens with one attached hydrogen (secondary N) is 2. The molecule has 1 aliphatic heterocycles. The van der Waals surface area contributed by atoms with Gasteiger partial charge in [0.05, 0.1) is 6.10 Å². The minimum absolute atomic E-state index is 0.0241. The summed E-state index contributed by atoms with van der Waals surface area (Å²) in [4.78, 5) is 24.5. The van der Waals surface area contributed by atoms with Gasteiger partial charge < -0.3 is 15.4 Å². The molecular weight excluding hydrogens is 306 g/mol. The van der Waals surface area contributed by atoms with E-state index in [0.717, 1.165) is 25.0 Å². The zero-order valence-corrected chi connectivity index (χ0v) is 13.1. The molecule has 0 aliphatic carbocycles. The summed E-state index contributed by atoms with van der Waals surface area (Å²) >= 11 is 0. The number of rotatable bonds is 5.